The van der Waals surface area contributed by atoms with Crippen molar-refractivity contribution in [2.75, 3.05) is 5.32 Å². The summed E-state index contributed by atoms with van der Waals surface area (Å²) < 4.78 is 19.2. The van der Waals surface area contributed by atoms with Gasteiger partial charge in [0, 0.05) is 5.39 Å². The maximum Gasteiger partial charge on any atom is 0.191 e. The molecule has 23 heavy (non-hydrogen) atoms. The van der Waals surface area contributed by atoms with Crippen LogP contribution in [-0.4, -0.2) is 10.8 Å². The lowest BCUT2D eigenvalue weighted by Crippen LogP contribution is -2.25. The van der Waals surface area contributed by atoms with E-state index in [1.807, 2.05) is 30.3 Å². The zero-order valence-corrected chi connectivity index (χ0v) is 13.2. The van der Waals surface area contributed by atoms with Crippen molar-refractivity contribution in [1.29, 1.82) is 0 Å². The Morgan fingerprint density at radius 3 is 2.65 bits per heavy atom. The number of thiocarbonyl (C=S) groups is 1. The average molecular weight is 327 g/mol. The number of fused-ring (bicyclic) bond motifs is 1. The number of nitrogens with one attached hydrogen (secondary N) is 2. The van der Waals surface area contributed by atoms with Crippen LogP contribution in [0.15, 0.2) is 64.1 Å². The normalized spacial score (nSPS) is 11.5. The number of hydrogen-bond acceptors (Lipinski definition) is 3. The largest absolute Gasteiger partial charge is 0.455 e. The van der Waals surface area contributed by atoms with Crippen molar-refractivity contribution < 1.29 is 8.81 Å². The number of para-hydroxylation sites is 2. The molecule has 6 heteroatoms. The summed E-state index contributed by atoms with van der Waals surface area (Å²) in [6, 6.07) is 15.9. The Morgan fingerprint density at radius 2 is 1.87 bits per heavy atom. The molecular weight excluding hydrogens is 313 g/mol. The molecule has 0 atom stereocenters. The molecule has 0 fully saturated rings. The van der Waals surface area contributed by atoms with E-state index in [0.717, 1.165) is 11.0 Å². The van der Waals surface area contributed by atoms with Gasteiger partial charge in [-0.05, 0) is 43.4 Å². The summed E-state index contributed by atoms with van der Waals surface area (Å²) in [6.07, 6.45) is 0. The number of rotatable bonds is 3. The molecule has 0 aliphatic heterocycles. The van der Waals surface area contributed by atoms with Gasteiger partial charge in [0.2, 0.25) is 0 Å². The first kappa shape index (κ1) is 15.2. The lowest BCUT2D eigenvalue weighted by Gasteiger charge is -2.08. The fourth-order valence-corrected chi connectivity index (χ4v) is 2.22. The van der Waals surface area contributed by atoms with E-state index < -0.39 is 0 Å². The molecule has 4 nitrogen and oxygen atoms in total. The van der Waals surface area contributed by atoms with Crippen molar-refractivity contribution in [2.24, 2.45) is 5.10 Å². The second kappa shape index (κ2) is 6.58. The number of hydrogen-bond donors (Lipinski definition) is 2. The summed E-state index contributed by atoms with van der Waals surface area (Å²) in [5.74, 6) is 0.266. The summed E-state index contributed by atoms with van der Waals surface area (Å²) in [5.41, 5.74) is 4.41. The molecular formula is C17H14FN3OS. The van der Waals surface area contributed by atoms with Crippen molar-refractivity contribution >= 4 is 39.7 Å². The van der Waals surface area contributed by atoms with E-state index in [2.05, 4.69) is 15.8 Å². The Hall–Kier alpha value is -2.73. The molecule has 0 unspecified atom stereocenters. The fraction of sp³-hybridized carbons (Fsp3) is 0.0588. The standard InChI is InChI=1S/C17H14FN3OS/c1-11(16-10-12-6-2-5-9-15(12)22-16)20-21-17(23)19-14-8-4-3-7-13(14)18/h2-10H,1H3,(H2,19,21,23)/b20-11+. The Balaban J connectivity index is 1.69. The van der Waals surface area contributed by atoms with Crippen molar-refractivity contribution in [3.63, 3.8) is 0 Å². The molecule has 0 bridgehead atoms. The molecule has 0 saturated carbocycles. The number of hydrazone groups is 1. The molecule has 3 rings (SSSR count). The van der Waals surface area contributed by atoms with Crippen LogP contribution in [0.1, 0.15) is 12.7 Å². The summed E-state index contributed by atoms with van der Waals surface area (Å²) in [7, 11) is 0. The summed E-state index contributed by atoms with van der Waals surface area (Å²) in [4.78, 5) is 0. The zero-order chi connectivity index (χ0) is 16.2. The molecule has 0 saturated heterocycles. The topological polar surface area (TPSA) is 49.6 Å². The van der Waals surface area contributed by atoms with E-state index in [1.165, 1.54) is 6.07 Å². The van der Waals surface area contributed by atoms with Gasteiger partial charge in [-0.15, -0.1) is 0 Å². The van der Waals surface area contributed by atoms with E-state index in [0.29, 0.717) is 17.2 Å². The zero-order valence-electron chi connectivity index (χ0n) is 12.3. The number of anilines is 1. The highest BCUT2D eigenvalue weighted by atomic mass is 32.1. The van der Waals surface area contributed by atoms with Gasteiger partial charge in [-0.1, -0.05) is 30.3 Å². The van der Waals surface area contributed by atoms with Crippen molar-refractivity contribution in [3.05, 3.63) is 66.2 Å². The third kappa shape index (κ3) is 3.54. The van der Waals surface area contributed by atoms with E-state index in [9.17, 15) is 4.39 Å². The van der Waals surface area contributed by atoms with E-state index >= 15 is 0 Å². The predicted molar refractivity (Wildman–Crippen MR) is 94.2 cm³/mol. The number of furan rings is 1. The second-order valence-electron chi connectivity index (χ2n) is 4.89. The maximum absolute atomic E-state index is 13.5. The molecule has 0 aliphatic rings. The quantitative estimate of drug-likeness (QED) is 0.428. The lowest BCUT2D eigenvalue weighted by atomic mass is 10.2. The highest BCUT2D eigenvalue weighted by Crippen LogP contribution is 2.19. The van der Waals surface area contributed by atoms with Gasteiger partial charge in [-0.25, -0.2) is 4.39 Å². The van der Waals surface area contributed by atoms with Crippen LogP contribution in [-0.2, 0) is 0 Å². The number of nitrogens with zero attached hydrogens (tertiary/aromatic N) is 1. The average Bonchev–Trinajstić information content (AvgIpc) is 2.99. The highest BCUT2D eigenvalue weighted by molar-refractivity contribution is 7.80. The maximum atomic E-state index is 13.5. The second-order valence-corrected chi connectivity index (χ2v) is 5.30. The molecule has 1 heterocycles. The van der Waals surface area contributed by atoms with Crippen LogP contribution >= 0.6 is 12.2 Å². The summed E-state index contributed by atoms with van der Waals surface area (Å²) >= 11 is 5.10. The minimum atomic E-state index is -0.380. The Morgan fingerprint density at radius 1 is 1.13 bits per heavy atom. The molecule has 0 aliphatic carbocycles. The molecule has 116 valence electrons. The molecule has 3 aromatic rings. The van der Waals surface area contributed by atoms with Gasteiger partial charge in [0.1, 0.15) is 17.1 Å². The van der Waals surface area contributed by atoms with E-state index in [4.69, 9.17) is 16.6 Å². The third-order valence-electron chi connectivity index (χ3n) is 3.23. The van der Waals surface area contributed by atoms with Crippen molar-refractivity contribution in [1.82, 2.24) is 5.43 Å². The molecule has 0 amide bonds. The SMILES string of the molecule is C/C(=N\NC(=S)Nc1ccccc1F)c1cc2ccccc2o1. The lowest BCUT2D eigenvalue weighted by molar-refractivity contribution is 0.603. The Labute approximate surface area is 138 Å². The van der Waals surface area contributed by atoms with Gasteiger partial charge < -0.3 is 9.73 Å². The van der Waals surface area contributed by atoms with Crippen LogP contribution < -0.4 is 10.7 Å². The van der Waals surface area contributed by atoms with Gasteiger partial charge in [0.05, 0.1) is 5.69 Å². The minimum absolute atomic E-state index is 0.200. The van der Waals surface area contributed by atoms with E-state index in [1.54, 1.807) is 25.1 Å². The first-order valence-corrected chi connectivity index (χ1v) is 7.39. The molecule has 0 radical (unpaired) electrons. The number of halogens is 1. The fourth-order valence-electron chi connectivity index (χ4n) is 2.06. The molecule has 2 aromatic carbocycles. The van der Waals surface area contributed by atoms with Gasteiger partial charge >= 0.3 is 0 Å². The van der Waals surface area contributed by atoms with Crippen LogP contribution in [0.25, 0.3) is 11.0 Å². The van der Waals surface area contributed by atoms with Crippen LogP contribution in [0.4, 0.5) is 10.1 Å². The predicted octanol–water partition coefficient (Wildman–Crippen LogP) is 4.28. The van der Waals surface area contributed by atoms with Gasteiger partial charge in [0.25, 0.3) is 0 Å². The van der Waals surface area contributed by atoms with Crippen LogP contribution in [0.5, 0.6) is 0 Å². The monoisotopic (exact) mass is 327 g/mol. The van der Waals surface area contributed by atoms with Gasteiger partial charge in [-0.2, -0.15) is 5.10 Å². The van der Waals surface area contributed by atoms with Crippen LogP contribution in [0, 0.1) is 5.82 Å². The van der Waals surface area contributed by atoms with Crippen LogP contribution in [0.3, 0.4) is 0 Å². The first-order valence-electron chi connectivity index (χ1n) is 6.98. The molecule has 2 N–H and O–H groups in total. The number of benzene rings is 2. The smallest absolute Gasteiger partial charge is 0.191 e. The molecule has 1 aromatic heterocycles. The molecule has 0 spiro atoms. The Kier molecular flexibility index (Phi) is 4.34. The van der Waals surface area contributed by atoms with Gasteiger partial charge in [0.15, 0.2) is 10.9 Å². The van der Waals surface area contributed by atoms with Crippen molar-refractivity contribution in [2.45, 2.75) is 6.92 Å². The first-order chi connectivity index (χ1) is 11.1. The third-order valence-corrected chi connectivity index (χ3v) is 3.42. The van der Waals surface area contributed by atoms with Crippen molar-refractivity contribution in [3.8, 4) is 0 Å². The summed E-state index contributed by atoms with van der Waals surface area (Å²) in [6.45, 7) is 1.80. The summed E-state index contributed by atoms with van der Waals surface area (Å²) in [5, 5.41) is 8.12. The van der Waals surface area contributed by atoms with E-state index in [-0.39, 0.29) is 10.9 Å². The van der Waals surface area contributed by atoms with Gasteiger partial charge in [-0.3, -0.25) is 5.43 Å². The van der Waals surface area contributed by atoms with Crippen LogP contribution in [0.2, 0.25) is 0 Å². The minimum Gasteiger partial charge on any atom is -0.455 e. The Bertz CT molecular complexity index is 855. The highest BCUT2D eigenvalue weighted by Gasteiger charge is 2.07.